The number of nitrogens with one attached hydrogen (secondary N) is 3. The summed E-state index contributed by atoms with van der Waals surface area (Å²) in [4.78, 5) is 63.1. The summed E-state index contributed by atoms with van der Waals surface area (Å²) >= 11 is 5.87. The van der Waals surface area contributed by atoms with E-state index in [0.29, 0.717) is 21.5 Å². The van der Waals surface area contributed by atoms with Crippen molar-refractivity contribution >= 4 is 46.3 Å². The van der Waals surface area contributed by atoms with E-state index < -0.39 is 54.5 Å². The molecule has 0 aliphatic heterocycles. The van der Waals surface area contributed by atoms with Crippen LogP contribution < -0.4 is 21.9 Å². The Labute approximate surface area is 209 Å². The van der Waals surface area contributed by atoms with Gasteiger partial charge in [0.2, 0.25) is 11.5 Å². The molecule has 12 heteroatoms. The fourth-order valence-electron chi connectivity index (χ4n) is 3.34. The van der Waals surface area contributed by atoms with Gasteiger partial charge in [-0.3, -0.25) is 19.2 Å². The van der Waals surface area contributed by atoms with E-state index in [1.165, 1.54) is 30.3 Å². The second kappa shape index (κ2) is 12.0. The van der Waals surface area contributed by atoms with Gasteiger partial charge in [0, 0.05) is 34.0 Å². The van der Waals surface area contributed by atoms with Gasteiger partial charge in [0.15, 0.2) is 0 Å². The van der Waals surface area contributed by atoms with Gasteiger partial charge in [-0.1, -0.05) is 29.8 Å². The lowest BCUT2D eigenvalue weighted by Gasteiger charge is -2.20. The van der Waals surface area contributed by atoms with Crippen molar-refractivity contribution in [2.45, 2.75) is 18.5 Å². The van der Waals surface area contributed by atoms with Crippen LogP contribution in [0.1, 0.15) is 15.9 Å². The SMILES string of the molecule is N[C@@H](COC(=O)[C@@H](Cc1cc(=O)[nH]c2ccccc12)NC(=O)c1ccc(Cl)cc1)C(=O)NCC(=O)O. The number of rotatable bonds is 10. The lowest BCUT2D eigenvalue weighted by atomic mass is 10.0. The number of aliphatic carboxylic acids is 1. The third-order valence-corrected chi connectivity index (χ3v) is 5.36. The van der Waals surface area contributed by atoms with E-state index in [1.807, 2.05) is 0 Å². The highest BCUT2D eigenvalue weighted by molar-refractivity contribution is 6.30. The number of pyridine rings is 1. The molecule has 2 atom stereocenters. The number of fused-ring (bicyclic) bond motifs is 1. The van der Waals surface area contributed by atoms with Gasteiger partial charge in [0.05, 0.1) is 0 Å². The van der Waals surface area contributed by atoms with Gasteiger partial charge in [0.25, 0.3) is 5.91 Å². The molecule has 1 heterocycles. The van der Waals surface area contributed by atoms with Crippen molar-refractivity contribution in [2.75, 3.05) is 13.2 Å². The van der Waals surface area contributed by atoms with Crippen molar-refractivity contribution in [3.63, 3.8) is 0 Å². The Morgan fingerprint density at radius 2 is 1.78 bits per heavy atom. The van der Waals surface area contributed by atoms with Crippen LogP contribution in [0.2, 0.25) is 5.02 Å². The number of para-hydroxylation sites is 1. The minimum atomic E-state index is -1.33. The van der Waals surface area contributed by atoms with E-state index in [2.05, 4.69) is 15.6 Å². The first-order valence-electron chi connectivity index (χ1n) is 10.7. The summed E-state index contributed by atoms with van der Waals surface area (Å²) < 4.78 is 5.17. The second-order valence-corrected chi connectivity index (χ2v) is 8.23. The predicted octanol–water partition coefficient (Wildman–Crippen LogP) is 0.594. The first kappa shape index (κ1) is 26.4. The van der Waals surface area contributed by atoms with Crippen molar-refractivity contribution in [1.29, 1.82) is 0 Å². The number of carboxylic acids is 1. The van der Waals surface area contributed by atoms with Crippen LogP contribution in [0.5, 0.6) is 0 Å². The van der Waals surface area contributed by atoms with Gasteiger partial charge < -0.3 is 31.2 Å². The highest BCUT2D eigenvalue weighted by atomic mass is 35.5. The van der Waals surface area contributed by atoms with Gasteiger partial charge in [-0.15, -0.1) is 0 Å². The van der Waals surface area contributed by atoms with Gasteiger partial charge in [-0.05, 0) is 35.9 Å². The van der Waals surface area contributed by atoms with E-state index >= 15 is 0 Å². The Morgan fingerprint density at radius 1 is 1.08 bits per heavy atom. The van der Waals surface area contributed by atoms with E-state index in [1.54, 1.807) is 24.3 Å². The first-order chi connectivity index (χ1) is 17.1. The highest BCUT2D eigenvalue weighted by Crippen LogP contribution is 2.17. The molecule has 1 aromatic heterocycles. The molecular formula is C24H23ClN4O7. The highest BCUT2D eigenvalue weighted by Gasteiger charge is 2.26. The Balaban J connectivity index is 1.81. The number of hydrogen-bond donors (Lipinski definition) is 5. The summed E-state index contributed by atoms with van der Waals surface area (Å²) in [6, 6.07) is 11.7. The lowest BCUT2D eigenvalue weighted by molar-refractivity contribution is -0.147. The van der Waals surface area contributed by atoms with Crippen LogP contribution in [0.3, 0.4) is 0 Å². The standard InChI is InChI=1S/C24H23ClN4O7/c25-15-7-5-13(6-8-15)22(33)29-19(24(35)36-12-17(26)23(34)27-11-21(31)32)9-14-10-20(30)28-18-4-2-1-3-16(14)18/h1-8,10,17,19H,9,11-12,26H2,(H,27,34)(H,28,30)(H,29,33)(H,31,32)/t17-,19+/m0/s1. The summed E-state index contributed by atoms with van der Waals surface area (Å²) in [6.07, 6.45) is -0.0942. The van der Waals surface area contributed by atoms with E-state index in [0.717, 1.165) is 0 Å². The smallest absolute Gasteiger partial charge is 0.329 e. The molecule has 0 fully saturated rings. The quantitative estimate of drug-likeness (QED) is 0.244. The zero-order valence-corrected chi connectivity index (χ0v) is 19.6. The van der Waals surface area contributed by atoms with Crippen LogP contribution in [0.4, 0.5) is 0 Å². The van der Waals surface area contributed by atoms with Gasteiger partial charge in [0.1, 0.15) is 25.2 Å². The van der Waals surface area contributed by atoms with E-state index in [4.69, 9.17) is 27.2 Å². The summed E-state index contributed by atoms with van der Waals surface area (Å²) in [7, 11) is 0. The Hall–Kier alpha value is -4.22. The van der Waals surface area contributed by atoms with Crippen molar-refractivity contribution in [2.24, 2.45) is 5.73 Å². The molecule has 0 saturated heterocycles. The number of benzene rings is 2. The number of aromatic nitrogens is 1. The number of ether oxygens (including phenoxy) is 1. The Bertz CT molecular complexity index is 1340. The van der Waals surface area contributed by atoms with Crippen molar-refractivity contribution < 1.29 is 29.0 Å². The summed E-state index contributed by atoms with van der Waals surface area (Å²) in [5.41, 5.74) is 6.55. The second-order valence-electron chi connectivity index (χ2n) is 7.79. The predicted molar refractivity (Wildman–Crippen MR) is 131 cm³/mol. The fourth-order valence-corrected chi connectivity index (χ4v) is 3.47. The number of H-pyrrole nitrogens is 1. The number of aromatic amines is 1. The number of amides is 2. The molecule has 0 bridgehead atoms. The topological polar surface area (TPSA) is 181 Å². The molecule has 3 rings (SSSR count). The van der Waals surface area contributed by atoms with E-state index in [-0.39, 0.29) is 12.0 Å². The molecule has 36 heavy (non-hydrogen) atoms. The Morgan fingerprint density at radius 3 is 2.47 bits per heavy atom. The largest absolute Gasteiger partial charge is 0.480 e. The minimum absolute atomic E-state index is 0.0942. The number of carboxylic acid groups (broad SMARTS) is 1. The average Bonchev–Trinajstić information content (AvgIpc) is 2.85. The van der Waals surface area contributed by atoms with Crippen LogP contribution in [-0.2, 0) is 25.5 Å². The van der Waals surface area contributed by atoms with Gasteiger partial charge in [-0.2, -0.15) is 0 Å². The molecule has 2 amide bonds. The Kier molecular flexibility index (Phi) is 8.76. The van der Waals surface area contributed by atoms with Crippen LogP contribution in [0.25, 0.3) is 10.9 Å². The first-order valence-corrected chi connectivity index (χ1v) is 11.1. The molecule has 11 nitrogen and oxygen atoms in total. The molecular weight excluding hydrogens is 492 g/mol. The van der Waals surface area contributed by atoms with Gasteiger partial charge >= 0.3 is 11.9 Å². The maximum atomic E-state index is 13.0. The maximum absolute atomic E-state index is 13.0. The average molecular weight is 515 g/mol. The number of halogens is 1. The molecule has 0 radical (unpaired) electrons. The van der Waals surface area contributed by atoms with Crippen LogP contribution in [0, 0.1) is 0 Å². The van der Waals surface area contributed by atoms with Gasteiger partial charge in [-0.25, -0.2) is 4.79 Å². The van der Waals surface area contributed by atoms with Crippen LogP contribution in [-0.4, -0.2) is 59.1 Å². The van der Waals surface area contributed by atoms with Crippen molar-refractivity contribution in [3.8, 4) is 0 Å². The van der Waals surface area contributed by atoms with Crippen molar-refractivity contribution in [3.05, 3.63) is 81.1 Å². The molecule has 0 spiro atoms. The normalized spacial score (nSPS) is 12.4. The fraction of sp³-hybridized carbons (Fsp3) is 0.208. The number of nitrogens with two attached hydrogens (primary N) is 1. The number of carbonyl (C=O) groups is 4. The number of hydrogen-bond acceptors (Lipinski definition) is 7. The van der Waals surface area contributed by atoms with Crippen molar-refractivity contribution in [1.82, 2.24) is 15.6 Å². The molecule has 0 aliphatic carbocycles. The zero-order valence-electron chi connectivity index (χ0n) is 18.8. The number of esters is 1. The molecule has 0 aliphatic rings. The van der Waals surface area contributed by atoms with E-state index in [9.17, 15) is 24.0 Å². The van der Waals surface area contributed by atoms with Crippen LogP contribution in [0.15, 0.2) is 59.4 Å². The number of carbonyl (C=O) groups excluding carboxylic acids is 3. The third kappa shape index (κ3) is 7.14. The molecule has 3 aromatic rings. The van der Waals surface area contributed by atoms with Crippen LogP contribution >= 0.6 is 11.6 Å². The monoisotopic (exact) mass is 514 g/mol. The minimum Gasteiger partial charge on any atom is -0.480 e. The zero-order chi connectivity index (χ0) is 26.2. The molecule has 0 unspecified atom stereocenters. The summed E-state index contributed by atoms with van der Waals surface area (Å²) in [5, 5.41) is 14.4. The summed E-state index contributed by atoms with van der Waals surface area (Å²) in [6.45, 7) is -1.20. The lowest BCUT2D eigenvalue weighted by Crippen LogP contribution is -2.48. The molecule has 0 saturated carbocycles. The molecule has 6 N–H and O–H groups in total. The third-order valence-electron chi connectivity index (χ3n) is 5.11. The maximum Gasteiger partial charge on any atom is 0.329 e. The molecule has 2 aromatic carbocycles. The summed E-state index contributed by atoms with van der Waals surface area (Å²) in [5.74, 6) is -3.58. The molecule has 188 valence electrons.